The van der Waals surface area contributed by atoms with E-state index in [-0.39, 0.29) is 0 Å². The average Bonchev–Trinajstić information content (AvgIpc) is 2.83. The maximum Gasteiger partial charge on any atom is 0.180 e. The van der Waals surface area contributed by atoms with Crippen LogP contribution >= 0.6 is 0 Å². The zero-order valence-corrected chi connectivity index (χ0v) is 12.5. The second-order valence-corrected chi connectivity index (χ2v) is 5.93. The van der Waals surface area contributed by atoms with Gasteiger partial charge in [0.1, 0.15) is 0 Å². The molecule has 0 radical (unpaired) electrons. The molecule has 5 nitrogen and oxygen atoms in total. The Morgan fingerprint density at radius 3 is 2.80 bits per heavy atom. The minimum Gasteiger partial charge on any atom is -0.364 e. The molecule has 2 aromatic rings. The largest absolute Gasteiger partial charge is 0.364 e. The van der Waals surface area contributed by atoms with Crippen LogP contribution in [0, 0.1) is 6.92 Å². The van der Waals surface area contributed by atoms with Gasteiger partial charge in [0.25, 0.3) is 0 Å². The predicted octanol–water partition coefficient (Wildman–Crippen LogP) is 2.33. The highest BCUT2D eigenvalue weighted by Gasteiger charge is 2.17. The third-order valence-corrected chi connectivity index (χ3v) is 3.91. The molecule has 0 aromatic carbocycles. The maximum absolute atomic E-state index is 4.65. The van der Waals surface area contributed by atoms with E-state index in [1.807, 2.05) is 13.1 Å². The molecular formula is C15H23N5. The van der Waals surface area contributed by atoms with E-state index >= 15 is 0 Å². The van der Waals surface area contributed by atoms with Gasteiger partial charge in [0.15, 0.2) is 11.5 Å². The Bertz CT molecular complexity index is 596. The van der Waals surface area contributed by atoms with Gasteiger partial charge in [-0.3, -0.25) is 4.40 Å². The molecule has 0 spiro atoms. The Hall–Kier alpha value is -1.62. The van der Waals surface area contributed by atoms with Crippen molar-refractivity contribution in [3.63, 3.8) is 0 Å². The van der Waals surface area contributed by atoms with Crippen molar-refractivity contribution in [2.24, 2.45) is 0 Å². The van der Waals surface area contributed by atoms with Crippen LogP contribution in [0.15, 0.2) is 12.4 Å². The van der Waals surface area contributed by atoms with Crippen LogP contribution in [0.5, 0.6) is 0 Å². The molecule has 0 bridgehead atoms. The van der Waals surface area contributed by atoms with Crippen molar-refractivity contribution in [1.82, 2.24) is 19.7 Å². The minimum absolute atomic E-state index is 0.457. The van der Waals surface area contributed by atoms with E-state index in [0.29, 0.717) is 12.0 Å². The summed E-state index contributed by atoms with van der Waals surface area (Å²) in [5, 5.41) is 6.97. The summed E-state index contributed by atoms with van der Waals surface area (Å²) in [5.41, 5.74) is 3.20. The van der Waals surface area contributed by atoms with Crippen molar-refractivity contribution in [1.29, 1.82) is 0 Å². The highest BCUT2D eigenvalue weighted by Crippen LogP contribution is 2.22. The summed E-state index contributed by atoms with van der Waals surface area (Å²) in [4.78, 5) is 9.22. The third-order valence-electron chi connectivity index (χ3n) is 3.91. The number of rotatable bonds is 3. The number of piperidine rings is 1. The number of fused-ring (bicyclic) bond motifs is 1. The quantitative estimate of drug-likeness (QED) is 0.901. The smallest absolute Gasteiger partial charge is 0.180 e. The molecule has 3 rings (SSSR count). The molecule has 0 atom stereocenters. The van der Waals surface area contributed by atoms with Gasteiger partial charge in [-0.1, -0.05) is 13.8 Å². The summed E-state index contributed by atoms with van der Waals surface area (Å²) >= 11 is 0. The van der Waals surface area contributed by atoms with Gasteiger partial charge in [-0.25, -0.2) is 9.97 Å². The molecule has 3 heterocycles. The minimum atomic E-state index is 0.457. The fourth-order valence-corrected chi connectivity index (χ4v) is 2.81. The number of aryl methyl sites for hydroxylation is 1. The van der Waals surface area contributed by atoms with E-state index in [9.17, 15) is 0 Å². The van der Waals surface area contributed by atoms with Crippen molar-refractivity contribution in [3.05, 3.63) is 23.8 Å². The molecule has 2 aromatic heterocycles. The number of anilines is 1. The third kappa shape index (κ3) is 2.50. The Morgan fingerprint density at radius 1 is 1.35 bits per heavy atom. The van der Waals surface area contributed by atoms with Gasteiger partial charge < -0.3 is 10.6 Å². The first-order valence-corrected chi connectivity index (χ1v) is 7.47. The topological polar surface area (TPSA) is 54.2 Å². The van der Waals surface area contributed by atoms with Crippen molar-refractivity contribution < 1.29 is 0 Å². The molecular weight excluding hydrogens is 250 g/mol. The van der Waals surface area contributed by atoms with Gasteiger partial charge in [0.05, 0.1) is 5.69 Å². The monoisotopic (exact) mass is 273 g/mol. The number of nitrogens with zero attached hydrogens (tertiary/aromatic N) is 3. The lowest BCUT2D eigenvalue weighted by molar-refractivity contribution is 0.478. The molecule has 1 saturated heterocycles. The lowest BCUT2D eigenvalue weighted by Crippen LogP contribution is -2.35. The number of imidazole rings is 1. The van der Waals surface area contributed by atoms with E-state index in [0.717, 1.165) is 43.1 Å². The van der Waals surface area contributed by atoms with E-state index in [1.54, 1.807) is 0 Å². The van der Waals surface area contributed by atoms with Crippen LogP contribution in [-0.4, -0.2) is 33.5 Å². The molecule has 1 fully saturated rings. The Kier molecular flexibility index (Phi) is 3.61. The fraction of sp³-hybridized carbons (Fsp3) is 0.600. The van der Waals surface area contributed by atoms with Crippen LogP contribution in [0.4, 0.5) is 5.82 Å². The zero-order valence-electron chi connectivity index (χ0n) is 12.5. The number of hydrogen-bond acceptors (Lipinski definition) is 4. The van der Waals surface area contributed by atoms with Crippen LogP contribution < -0.4 is 10.6 Å². The van der Waals surface area contributed by atoms with E-state index in [4.69, 9.17) is 0 Å². The number of hydrogen-bond donors (Lipinski definition) is 2. The molecule has 2 N–H and O–H groups in total. The molecule has 0 amide bonds. The van der Waals surface area contributed by atoms with Gasteiger partial charge >= 0.3 is 0 Å². The van der Waals surface area contributed by atoms with Gasteiger partial charge in [0.2, 0.25) is 0 Å². The summed E-state index contributed by atoms with van der Waals surface area (Å²) in [6, 6.07) is 0.494. The zero-order chi connectivity index (χ0) is 14.1. The SMILES string of the molecule is Cc1cn2c(C(C)C)cnc2c(NC2CCNCC2)n1. The molecule has 0 aliphatic carbocycles. The lowest BCUT2D eigenvalue weighted by Gasteiger charge is -2.24. The Labute approximate surface area is 119 Å². The molecule has 0 unspecified atom stereocenters. The van der Waals surface area contributed by atoms with Crippen LogP contribution in [0.1, 0.15) is 44.0 Å². The van der Waals surface area contributed by atoms with Gasteiger partial charge in [-0.15, -0.1) is 0 Å². The predicted molar refractivity (Wildman–Crippen MR) is 81.3 cm³/mol. The van der Waals surface area contributed by atoms with Gasteiger partial charge in [0, 0.05) is 24.1 Å². The summed E-state index contributed by atoms with van der Waals surface area (Å²) in [6.45, 7) is 8.58. The second-order valence-electron chi connectivity index (χ2n) is 5.93. The van der Waals surface area contributed by atoms with Gasteiger partial charge in [-0.05, 0) is 38.8 Å². The van der Waals surface area contributed by atoms with Crippen LogP contribution in [0.3, 0.4) is 0 Å². The average molecular weight is 273 g/mol. The van der Waals surface area contributed by atoms with E-state index < -0.39 is 0 Å². The highest BCUT2D eigenvalue weighted by molar-refractivity contribution is 5.64. The van der Waals surface area contributed by atoms with Crippen molar-refractivity contribution in [2.75, 3.05) is 18.4 Å². The van der Waals surface area contributed by atoms with E-state index in [2.05, 4.69) is 45.0 Å². The highest BCUT2D eigenvalue weighted by atomic mass is 15.1. The maximum atomic E-state index is 4.65. The summed E-state index contributed by atoms with van der Waals surface area (Å²) < 4.78 is 2.18. The summed E-state index contributed by atoms with van der Waals surface area (Å²) in [5.74, 6) is 1.38. The normalized spacial score (nSPS) is 17.0. The van der Waals surface area contributed by atoms with Crippen molar-refractivity contribution >= 4 is 11.5 Å². The van der Waals surface area contributed by atoms with E-state index in [1.165, 1.54) is 5.69 Å². The van der Waals surface area contributed by atoms with Crippen LogP contribution in [0.2, 0.25) is 0 Å². The molecule has 20 heavy (non-hydrogen) atoms. The Balaban J connectivity index is 1.97. The van der Waals surface area contributed by atoms with Crippen molar-refractivity contribution in [2.45, 2.75) is 45.6 Å². The molecule has 0 saturated carbocycles. The summed E-state index contributed by atoms with van der Waals surface area (Å²) in [7, 11) is 0. The van der Waals surface area contributed by atoms with Crippen molar-refractivity contribution in [3.8, 4) is 0 Å². The lowest BCUT2D eigenvalue weighted by atomic mass is 10.1. The van der Waals surface area contributed by atoms with Crippen LogP contribution in [-0.2, 0) is 0 Å². The molecule has 5 heteroatoms. The molecule has 108 valence electrons. The number of nitrogens with one attached hydrogen (secondary N) is 2. The summed E-state index contributed by atoms with van der Waals surface area (Å²) in [6.07, 6.45) is 6.32. The van der Waals surface area contributed by atoms with Gasteiger partial charge in [-0.2, -0.15) is 0 Å². The Morgan fingerprint density at radius 2 is 2.10 bits per heavy atom. The fourth-order valence-electron chi connectivity index (χ4n) is 2.81. The molecule has 1 aliphatic rings. The first-order valence-electron chi connectivity index (χ1n) is 7.47. The molecule has 1 aliphatic heterocycles. The second kappa shape index (κ2) is 5.40. The first kappa shape index (κ1) is 13.4. The van der Waals surface area contributed by atoms with Crippen LogP contribution in [0.25, 0.3) is 5.65 Å². The standard InChI is InChI=1S/C15H23N5/c1-10(2)13-8-17-15-14(18-11(3)9-20(13)15)19-12-4-6-16-7-5-12/h8-10,12,16H,4-7H2,1-3H3,(H,18,19). The number of aromatic nitrogens is 3. The first-order chi connectivity index (χ1) is 9.65.